The number of hydrogen-bond acceptors (Lipinski definition) is 9. The Morgan fingerprint density at radius 1 is 1.00 bits per heavy atom. The van der Waals surface area contributed by atoms with Gasteiger partial charge in [-0.05, 0) is 17.7 Å². The molecule has 7 rings (SSSR count). The predicted octanol–water partition coefficient (Wildman–Crippen LogP) is 1.71. The van der Waals surface area contributed by atoms with Crippen molar-refractivity contribution in [1.29, 1.82) is 0 Å². The molecule has 5 heterocycles. The molecule has 0 bridgehead atoms. The van der Waals surface area contributed by atoms with Crippen LogP contribution >= 0.6 is 0 Å². The van der Waals surface area contributed by atoms with Crippen LogP contribution in [-0.2, 0) is 5.41 Å². The summed E-state index contributed by atoms with van der Waals surface area (Å²) < 4.78 is 17.4. The Labute approximate surface area is 164 Å². The van der Waals surface area contributed by atoms with Crippen molar-refractivity contribution in [2.75, 3.05) is 18.4 Å². The van der Waals surface area contributed by atoms with Crippen LogP contribution in [-0.4, -0.2) is 29.2 Å². The molecule has 0 radical (unpaired) electrons. The molecule has 4 aliphatic heterocycles. The second-order valence-electron chi connectivity index (χ2n) is 7.22. The zero-order chi connectivity index (χ0) is 19.0. The van der Waals surface area contributed by atoms with Gasteiger partial charge in [0.25, 0.3) is 0 Å². The standard InChI is InChI=1S/C20H14N6O3/c1-2-12(11-6-21-9-22-7-11)18-14(3-1)26-19(23-24-25-26)20(18)8-27-15-5-17-16(4-13(15)20)28-10-29-17/h1-7,9,24-25H,8,10H2. The molecule has 2 N–H and O–H groups in total. The average Bonchev–Trinajstić information content (AvgIpc) is 3.53. The molecule has 4 aliphatic rings. The summed E-state index contributed by atoms with van der Waals surface area (Å²) in [7, 11) is 0. The minimum atomic E-state index is -0.603. The highest BCUT2D eigenvalue weighted by molar-refractivity contribution is 6.16. The Bertz CT molecular complexity index is 1210. The van der Waals surface area contributed by atoms with Gasteiger partial charge in [-0.3, -0.25) is 0 Å². The number of hydrazone groups is 1. The van der Waals surface area contributed by atoms with E-state index in [0.29, 0.717) is 18.1 Å². The number of amidine groups is 1. The van der Waals surface area contributed by atoms with Crippen LogP contribution in [0.25, 0.3) is 11.1 Å². The van der Waals surface area contributed by atoms with Gasteiger partial charge in [-0.1, -0.05) is 12.1 Å². The van der Waals surface area contributed by atoms with Crippen molar-refractivity contribution in [2.24, 2.45) is 5.10 Å². The van der Waals surface area contributed by atoms with Crippen molar-refractivity contribution < 1.29 is 14.2 Å². The summed E-state index contributed by atoms with van der Waals surface area (Å²) in [5, 5.41) is 6.54. The molecule has 0 saturated carbocycles. The number of nitrogens with zero attached hydrogens (tertiary/aromatic N) is 4. The maximum Gasteiger partial charge on any atom is 0.231 e. The Kier molecular flexibility index (Phi) is 2.68. The first-order valence-corrected chi connectivity index (χ1v) is 9.21. The molecular formula is C20H14N6O3. The summed E-state index contributed by atoms with van der Waals surface area (Å²) in [6.07, 6.45) is 5.18. The monoisotopic (exact) mass is 386 g/mol. The highest BCUT2D eigenvalue weighted by Crippen LogP contribution is 2.57. The molecule has 142 valence electrons. The molecule has 29 heavy (non-hydrogen) atoms. The van der Waals surface area contributed by atoms with E-state index in [4.69, 9.17) is 14.2 Å². The molecule has 0 saturated heterocycles. The van der Waals surface area contributed by atoms with Gasteiger partial charge in [0.2, 0.25) is 6.79 Å². The molecule has 0 fully saturated rings. The van der Waals surface area contributed by atoms with Crippen LogP contribution in [0, 0.1) is 0 Å². The third-order valence-corrected chi connectivity index (χ3v) is 5.88. The van der Waals surface area contributed by atoms with E-state index in [0.717, 1.165) is 39.5 Å². The lowest BCUT2D eigenvalue weighted by molar-refractivity contribution is 0.173. The zero-order valence-corrected chi connectivity index (χ0v) is 15.0. The van der Waals surface area contributed by atoms with E-state index < -0.39 is 5.41 Å². The summed E-state index contributed by atoms with van der Waals surface area (Å²) in [5.74, 6) is 3.02. The number of nitrogens with one attached hydrogen (secondary N) is 2. The number of fused-ring (bicyclic) bond motifs is 8. The molecule has 0 amide bonds. The molecule has 1 atom stereocenters. The first kappa shape index (κ1) is 15.1. The summed E-state index contributed by atoms with van der Waals surface area (Å²) in [6, 6.07) is 10.1. The third-order valence-electron chi connectivity index (χ3n) is 5.88. The number of ether oxygens (including phenoxy) is 3. The Balaban J connectivity index is 1.56. The van der Waals surface area contributed by atoms with Gasteiger partial charge >= 0.3 is 0 Å². The highest BCUT2D eigenvalue weighted by atomic mass is 16.7. The molecule has 1 unspecified atom stereocenters. The average molecular weight is 386 g/mol. The Morgan fingerprint density at radius 3 is 2.76 bits per heavy atom. The van der Waals surface area contributed by atoms with E-state index in [1.165, 1.54) is 6.33 Å². The van der Waals surface area contributed by atoms with Crippen LogP contribution < -0.4 is 30.3 Å². The van der Waals surface area contributed by atoms with E-state index in [-0.39, 0.29) is 6.79 Å². The van der Waals surface area contributed by atoms with Crippen LogP contribution in [0.3, 0.4) is 0 Å². The van der Waals surface area contributed by atoms with Crippen LogP contribution in [0.4, 0.5) is 5.69 Å². The lowest BCUT2D eigenvalue weighted by Gasteiger charge is -2.24. The normalized spacial score (nSPS) is 22.1. The molecule has 9 heteroatoms. The van der Waals surface area contributed by atoms with E-state index >= 15 is 0 Å². The maximum atomic E-state index is 6.19. The van der Waals surface area contributed by atoms with Gasteiger partial charge in [-0.2, -0.15) is 0 Å². The molecule has 0 aliphatic carbocycles. The minimum absolute atomic E-state index is 0.213. The lowest BCUT2D eigenvalue weighted by Crippen LogP contribution is -2.45. The third kappa shape index (κ3) is 1.76. The van der Waals surface area contributed by atoms with Gasteiger partial charge in [0.15, 0.2) is 17.3 Å². The van der Waals surface area contributed by atoms with Gasteiger partial charge in [0.05, 0.1) is 5.69 Å². The number of hydrogen-bond donors (Lipinski definition) is 2. The number of rotatable bonds is 1. The Morgan fingerprint density at radius 2 is 1.86 bits per heavy atom. The fourth-order valence-corrected chi connectivity index (χ4v) is 4.69. The summed E-state index contributed by atoms with van der Waals surface area (Å²) in [6.45, 7) is 0.631. The quantitative estimate of drug-likeness (QED) is 0.653. The number of aromatic nitrogens is 2. The largest absolute Gasteiger partial charge is 0.491 e. The first-order valence-electron chi connectivity index (χ1n) is 9.21. The second kappa shape index (κ2) is 5.15. The van der Waals surface area contributed by atoms with Gasteiger partial charge in [0.1, 0.15) is 24.1 Å². The van der Waals surface area contributed by atoms with Crippen LogP contribution in [0.2, 0.25) is 0 Å². The SMILES string of the molecule is c1cc(-c2cncnc2)c2c(c1)N1NNN=C1C21COc2cc3c(cc21)OCO3. The van der Waals surface area contributed by atoms with Crippen LogP contribution in [0.5, 0.6) is 17.2 Å². The van der Waals surface area contributed by atoms with Crippen molar-refractivity contribution in [3.05, 3.63) is 60.2 Å². The highest BCUT2D eigenvalue weighted by Gasteiger charge is 2.58. The summed E-state index contributed by atoms with van der Waals surface area (Å²) in [5.41, 5.74) is 10.5. The Hall–Kier alpha value is -3.85. The first-order chi connectivity index (χ1) is 14.4. The van der Waals surface area contributed by atoms with Gasteiger partial charge in [-0.15, -0.1) is 10.6 Å². The van der Waals surface area contributed by atoms with E-state index in [9.17, 15) is 0 Å². The lowest BCUT2D eigenvalue weighted by atomic mass is 9.74. The van der Waals surface area contributed by atoms with Crippen molar-refractivity contribution in [3.8, 4) is 28.4 Å². The fraction of sp³-hybridized carbons (Fsp3) is 0.150. The summed E-state index contributed by atoms with van der Waals surface area (Å²) in [4.78, 5) is 8.43. The van der Waals surface area contributed by atoms with Crippen LogP contribution in [0.15, 0.2) is 54.2 Å². The molecule has 1 spiro atoms. The fourth-order valence-electron chi connectivity index (χ4n) is 4.69. The number of anilines is 1. The topological polar surface area (TPSA) is 93.1 Å². The van der Waals surface area contributed by atoms with Gasteiger partial charge < -0.3 is 14.2 Å². The van der Waals surface area contributed by atoms with Crippen molar-refractivity contribution in [3.63, 3.8) is 0 Å². The minimum Gasteiger partial charge on any atom is -0.491 e. The number of hydrazine groups is 2. The van der Waals surface area contributed by atoms with Gasteiger partial charge in [0, 0.05) is 35.2 Å². The molecule has 2 aromatic carbocycles. The smallest absolute Gasteiger partial charge is 0.231 e. The molecular weight excluding hydrogens is 372 g/mol. The molecule has 3 aromatic rings. The van der Waals surface area contributed by atoms with Gasteiger partial charge in [-0.25, -0.2) is 20.5 Å². The van der Waals surface area contributed by atoms with Crippen molar-refractivity contribution in [1.82, 2.24) is 21.0 Å². The second-order valence-corrected chi connectivity index (χ2v) is 7.22. The van der Waals surface area contributed by atoms with E-state index in [1.807, 2.05) is 35.6 Å². The molecule has 1 aromatic heterocycles. The van der Waals surface area contributed by atoms with E-state index in [1.54, 1.807) is 0 Å². The molecule has 9 nitrogen and oxygen atoms in total. The van der Waals surface area contributed by atoms with Crippen molar-refractivity contribution in [2.45, 2.75) is 5.41 Å². The number of benzene rings is 2. The summed E-state index contributed by atoms with van der Waals surface area (Å²) >= 11 is 0. The zero-order valence-electron chi connectivity index (χ0n) is 15.0. The maximum absolute atomic E-state index is 6.19. The van der Waals surface area contributed by atoms with Crippen molar-refractivity contribution >= 4 is 11.5 Å². The predicted molar refractivity (Wildman–Crippen MR) is 102 cm³/mol. The van der Waals surface area contributed by atoms with Crippen LogP contribution in [0.1, 0.15) is 11.1 Å². The van der Waals surface area contributed by atoms with E-state index in [2.05, 4.69) is 38.3 Å².